The minimum absolute atomic E-state index is 0.0978. The number of anilines is 1. The lowest BCUT2D eigenvalue weighted by Crippen LogP contribution is -2.49. The van der Waals surface area contributed by atoms with Gasteiger partial charge in [0.1, 0.15) is 11.6 Å². The number of aromatic nitrogens is 3. The van der Waals surface area contributed by atoms with Gasteiger partial charge in [0.05, 0.1) is 11.7 Å². The van der Waals surface area contributed by atoms with E-state index in [0.29, 0.717) is 24.2 Å². The van der Waals surface area contributed by atoms with Gasteiger partial charge in [0.2, 0.25) is 0 Å². The van der Waals surface area contributed by atoms with Crippen molar-refractivity contribution in [1.82, 2.24) is 20.1 Å². The van der Waals surface area contributed by atoms with Gasteiger partial charge >= 0.3 is 0 Å². The van der Waals surface area contributed by atoms with Crippen molar-refractivity contribution in [3.8, 4) is 28.1 Å². The zero-order valence-electron chi connectivity index (χ0n) is 18.7. The number of hydrogen-bond acceptors (Lipinski definition) is 6. The molecule has 5 rings (SSSR count). The topological polar surface area (TPSA) is 83.3 Å². The Bertz CT molecular complexity index is 1290. The fraction of sp³-hybridized carbons (Fsp3) is 0.375. The van der Waals surface area contributed by atoms with Crippen LogP contribution in [0.2, 0.25) is 0 Å². The van der Waals surface area contributed by atoms with E-state index in [9.17, 15) is 23.1 Å². The lowest BCUT2D eigenvalue weighted by molar-refractivity contribution is -0.0128. The molecule has 10 heteroatoms. The summed E-state index contributed by atoms with van der Waals surface area (Å²) in [4.78, 5) is 13.7. The van der Waals surface area contributed by atoms with E-state index in [4.69, 9.17) is 0 Å². The van der Waals surface area contributed by atoms with E-state index in [-0.39, 0.29) is 46.6 Å². The first-order chi connectivity index (χ1) is 16.1. The number of benzene rings is 1. The van der Waals surface area contributed by atoms with Crippen molar-refractivity contribution in [1.29, 1.82) is 0 Å². The van der Waals surface area contributed by atoms with Gasteiger partial charge in [0, 0.05) is 56.0 Å². The molecule has 2 saturated heterocycles. The van der Waals surface area contributed by atoms with Gasteiger partial charge in [-0.15, -0.1) is 10.2 Å². The first kappa shape index (κ1) is 22.4. The van der Waals surface area contributed by atoms with E-state index >= 15 is 0 Å². The van der Waals surface area contributed by atoms with Gasteiger partial charge in [-0.25, -0.2) is 13.2 Å². The van der Waals surface area contributed by atoms with Crippen molar-refractivity contribution in [3.05, 3.63) is 58.8 Å². The Labute approximate surface area is 193 Å². The van der Waals surface area contributed by atoms with Crippen molar-refractivity contribution in [2.45, 2.75) is 43.3 Å². The van der Waals surface area contributed by atoms with Gasteiger partial charge in [0.15, 0.2) is 5.82 Å². The van der Waals surface area contributed by atoms with Crippen LogP contribution < -0.4 is 15.8 Å². The van der Waals surface area contributed by atoms with Crippen LogP contribution in [0.3, 0.4) is 0 Å². The van der Waals surface area contributed by atoms with E-state index < -0.39 is 17.8 Å². The zero-order valence-corrected chi connectivity index (χ0v) is 18.7. The Morgan fingerprint density at radius 3 is 2.62 bits per heavy atom. The number of fused-ring (bicyclic) bond motifs is 2. The Kier molecular flexibility index (Phi) is 5.35. The number of phenols is 1. The maximum absolute atomic E-state index is 14.9. The number of rotatable bonds is 4. The molecule has 0 radical (unpaired) electrons. The van der Waals surface area contributed by atoms with E-state index in [1.165, 1.54) is 22.9 Å². The molecule has 7 nitrogen and oxygen atoms in total. The molecule has 3 aromatic rings. The number of aryl methyl sites for hydroxylation is 1. The molecule has 4 heterocycles. The fourth-order valence-corrected chi connectivity index (χ4v) is 4.89. The smallest absolute Gasteiger partial charge is 0.264 e. The predicted molar refractivity (Wildman–Crippen MR) is 121 cm³/mol. The minimum Gasteiger partial charge on any atom is -0.507 e. The van der Waals surface area contributed by atoms with Crippen LogP contribution in [0.1, 0.15) is 19.3 Å². The summed E-state index contributed by atoms with van der Waals surface area (Å²) in [6.45, 7) is 0. The van der Waals surface area contributed by atoms with E-state index in [0.717, 1.165) is 6.07 Å². The second-order valence-electron chi connectivity index (χ2n) is 9.11. The number of piperidine rings is 1. The lowest BCUT2D eigenvalue weighted by atomic mass is 9.98. The first-order valence-corrected chi connectivity index (χ1v) is 11.0. The number of pyridine rings is 1. The number of phenolic OH excluding ortho intramolecular Hbond substituents is 1. The maximum Gasteiger partial charge on any atom is 0.264 e. The van der Waals surface area contributed by atoms with Gasteiger partial charge in [0.25, 0.3) is 11.5 Å². The van der Waals surface area contributed by atoms with Crippen molar-refractivity contribution >= 4 is 5.82 Å². The normalized spacial score (nSPS) is 23.1. The molecule has 2 aromatic heterocycles. The van der Waals surface area contributed by atoms with Crippen LogP contribution in [0, 0.1) is 5.82 Å². The molecule has 3 atom stereocenters. The molecule has 2 fully saturated rings. The molecule has 0 spiro atoms. The number of hydrogen-bond donors (Lipinski definition) is 2. The third-order valence-electron chi connectivity index (χ3n) is 6.87. The Morgan fingerprint density at radius 1 is 1.15 bits per heavy atom. The summed E-state index contributed by atoms with van der Waals surface area (Å²) in [6, 6.07) is 7.41. The number of aromatic hydroxyl groups is 1. The minimum atomic E-state index is -2.70. The molecule has 2 unspecified atom stereocenters. The fourth-order valence-electron chi connectivity index (χ4n) is 4.89. The molecule has 0 aliphatic carbocycles. The van der Waals surface area contributed by atoms with E-state index in [1.54, 1.807) is 32.3 Å². The van der Waals surface area contributed by atoms with Crippen LogP contribution in [0.4, 0.5) is 19.0 Å². The van der Waals surface area contributed by atoms with E-state index in [1.807, 2.05) is 4.90 Å². The lowest BCUT2D eigenvalue weighted by Gasteiger charge is -2.36. The Hall–Kier alpha value is -3.40. The first-order valence-electron chi connectivity index (χ1n) is 11.0. The van der Waals surface area contributed by atoms with E-state index in [2.05, 4.69) is 15.5 Å². The average Bonchev–Trinajstić information content (AvgIpc) is 3.02. The molecule has 1 aromatic carbocycles. The van der Waals surface area contributed by atoms with Gasteiger partial charge < -0.3 is 19.9 Å². The highest BCUT2D eigenvalue weighted by Gasteiger charge is 2.53. The van der Waals surface area contributed by atoms with Gasteiger partial charge in [-0.2, -0.15) is 0 Å². The Balaban J connectivity index is 1.38. The van der Waals surface area contributed by atoms with Crippen LogP contribution in [0.25, 0.3) is 22.4 Å². The van der Waals surface area contributed by atoms with Crippen molar-refractivity contribution in [2.75, 3.05) is 11.9 Å². The molecule has 34 heavy (non-hydrogen) atoms. The average molecular weight is 471 g/mol. The number of halogens is 3. The largest absolute Gasteiger partial charge is 0.507 e. The Morgan fingerprint density at radius 2 is 1.94 bits per heavy atom. The van der Waals surface area contributed by atoms with Crippen molar-refractivity contribution in [2.24, 2.45) is 7.05 Å². The monoisotopic (exact) mass is 471 g/mol. The van der Waals surface area contributed by atoms with Gasteiger partial charge in [-0.05, 0) is 48.7 Å². The summed E-state index contributed by atoms with van der Waals surface area (Å²) in [5.41, 5.74) is 0.580. The molecule has 0 saturated carbocycles. The number of nitrogens with one attached hydrogen (secondary N) is 1. The molecule has 0 amide bonds. The van der Waals surface area contributed by atoms with Crippen LogP contribution in [-0.2, 0) is 7.05 Å². The summed E-state index contributed by atoms with van der Waals surface area (Å²) in [7, 11) is 3.39. The summed E-state index contributed by atoms with van der Waals surface area (Å²) in [6.07, 6.45) is 2.27. The third kappa shape index (κ3) is 3.91. The van der Waals surface area contributed by atoms with Gasteiger partial charge in [-0.1, -0.05) is 0 Å². The highest BCUT2D eigenvalue weighted by atomic mass is 19.3. The molecule has 178 valence electrons. The summed E-state index contributed by atoms with van der Waals surface area (Å²) in [5.74, 6) is -3.01. The quantitative estimate of drug-likeness (QED) is 0.608. The molecule has 2 bridgehead atoms. The highest BCUT2D eigenvalue weighted by Crippen LogP contribution is 2.41. The zero-order chi connectivity index (χ0) is 24.2. The van der Waals surface area contributed by atoms with Crippen molar-refractivity contribution in [3.63, 3.8) is 0 Å². The standard InChI is InChI=1S/C24H24F3N5O2/c1-31-6-5-13(7-23(31)34)16-11-20(33)17(10-18(16)25)19-3-4-22(30-29-19)32(2)15-8-14-12-24(26,27)21(9-15)28-14/h3-7,10-11,14-15,21,28,33H,8-9,12H2,1-2H3/t14?,15-,21?/m1/s1. The second kappa shape index (κ2) is 8.12. The molecule has 2 aliphatic rings. The highest BCUT2D eigenvalue weighted by molar-refractivity contribution is 5.74. The van der Waals surface area contributed by atoms with Crippen LogP contribution in [0.15, 0.2) is 47.4 Å². The second-order valence-corrected chi connectivity index (χ2v) is 9.11. The molecular weight excluding hydrogens is 447 g/mol. The van der Waals surface area contributed by atoms with Crippen molar-refractivity contribution < 1.29 is 18.3 Å². The maximum atomic E-state index is 14.9. The molecular formula is C24H24F3N5O2. The summed E-state index contributed by atoms with van der Waals surface area (Å²) >= 11 is 0. The van der Waals surface area contributed by atoms with Crippen LogP contribution in [0.5, 0.6) is 5.75 Å². The third-order valence-corrected chi connectivity index (χ3v) is 6.87. The molecule has 2 N–H and O–H groups in total. The number of alkyl halides is 2. The molecule has 2 aliphatic heterocycles. The van der Waals surface area contributed by atoms with Gasteiger partial charge in [-0.3, -0.25) is 4.79 Å². The number of nitrogens with zero attached hydrogens (tertiary/aromatic N) is 4. The predicted octanol–water partition coefficient (Wildman–Crippen LogP) is 3.32. The van der Waals surface area contributed by atoms with Crippen LogP contribution >= 0.6 is 0 Å². The summed E-state index contributed by atoms with van der Waals surface area (Å²) in [5, 5.41) is 21.9. The SMILES string of the molecule is CN(c1ccc(-c2cc(F)c(-c3ccn(C)c(=O)c3)cc2O)nn1)[C@@H]1CC2CC(F)(F)C(C1)N2. The van der Waals surface area contributed by atoms with Crippen LogP contribution in [-0.4, -0.2) is 51.0 Å². The summed E-state index contributed by atoms with van der Waals surface area (Å²) < 4.78 is 44.3.